The molecule has 2 amide bonds. The fourth-order valence-corrected chi connectivity index (χ4v) is 5.01. The molecule has 3 N–H and O–H groups in total. The third-order valence-electron chi connectivity index (χ3n) is 5.51. The van der Waals surface area contributed by atoms with Crippen LogP contribution in [0.1, 0.15) is 29.2 Å². The lowest BCUT2D eigenvalue weighted by atomic mass is 9.86. The van der Waals surface area contributed by atoms with E-state index in [0.29, 0.717) is 16.7 Å². The number of amides is 2. The Morgan fingerprint density at radius 2 is 2.12 bits per heavy atom. The molecule has 0 saturated carbocycles. The number of primary amides is 1. The monoisotopic (exact) mass is 463 g/mol. The standard InChI is InChI=1S/C23H21N5O4S/c1-12-21-16(13-4-3-5-15(8-13)32-11-19(24)29)10-20(30)26-22(21)28(27-12)23-25-17-7-6-14(31-2)9-18(17)33-23/h3-9,16H,10-11H2,1-2H3,(H2,24,29)(H,26,30)/t16-/m0/s1. The van der Waals surface area contributed by atoms with E-state index in [1.165, 1.54) is 11.3 Å². The highest BCUT2D eigenvalue weighted by atomic mass is 32.1. The number of aromatic nitrogens is 3. The summed E-state index contributed by atoms with van der Waals surface area (Å²) in [5, 5.41) is 8.35. The normalized spacial score (nSPS) is 15.2. The predicted molar refractivity (Wildman–Crippen MR) is 124 cm³/mol. The molecule has 168 valence electrons. The van der Waals surface area contributed by atoms with Crippen LogP contribution in [0.3, 0.4) is 0 Å². The summed E-state index contributed by atoms with van der Waals surface area (Å²) in [6.45, 7) is 1.71. The first-order valence-corrected chi connectivity index (χ1v) is 11.1. The van der Waals surface area contributed by atoms with Gasteiger partial charge in [0.25, 0.3) is 5.91 Å². The summed E-state index contributed by atoms with van der Waals surface area (Å²) in [7, 11) is 1.62. The van der Waals surface area contributed by atoms with E-state index in [0.717, 1.165) is 32.8 Å². The van der Waals surface area contributed by atoms with Crippen LogP contribution in [0, 0.1) is 6.92 Å². The molecule has 1 aliphatic rings. The number of aryl methyl sites for hydroxylation is 1. The molecular formula is C23H21N5O4S. The van der Waals surface area contributed by atoms with Crippen LogP contribution in [-0.2, 0) is 9.59 Å². The molecule has 2 aromatic heterocycles. The van der Waals surface area contributed by atoms with Gasteiger partial charge in [0.1, 0.15) is 17.3 Å². The summed E-state index contributed by atoms with van der Waals surface area (Å²) >= 11 is 1.47. The maximum absolute atomic E-state index is 12.7. The van der Waals surface area contributed by atoms with Crippen LogP contribution in [-0.4, -0.2) is 40.3 Å². The first-order chi connectivity index (χ1) is 15.9. The SMILES string of the molecule is COc1ccc2nc(-n3nc(C)c4c3NC(=O)C[C@H]4c3cccc(OCC(N)=O)c3)sc2c1. The maximum Gasteiger partial charge on any atom is 0.255 e. The molecule has 9 nitrogen and oxygen atoms in total. The molecule has 2 aromatic carbocycles. The van der Waals surface area contributed by atoms with Crippen LogP contribution < -0.4 is 20.5 Å². The number of thiazole rings is 1. The molecular weight excluding hydrogens is 442 g/mol. The van der Waals surface area contributed by atoms with E-state index in [4.69, 9.17) is 25.3 Å². The van der Waals surface area contributed by atoms with Gasteiger partial charge in [0.2, 0.25) is 11.0 Å². The molecule has 0 bridgehead atoms. The first-order valence-electron chi connectivity index (χ1n) is 10.3. The minimum absolute atomic E-state index is 0.111. The summed E-state index contributed by atoms with van der Waals surface area (Å²) in [4.78, 5) is 28.5. The van der Waals surface area contributed by atoms with Gasteiger partial charge in [-0.2, -0.15) is 9.78 Å². The minimum atomic E-state index is -0.551. The van der Waals surface area contributed by atoms with E-state index >= 15 is 0 Å². The van der Waals surface area contributed by atoms with Crippen molar-refractivity contribution in [3.63, 3.8) is 0 Å². The molecule has 33 heavy (non-hydrogen) atoms. The third-order valence-corrected chi connectivity index (χ3v) is 6.50. The predicted octanol–water partition coefficient (Wildman–Crippen LogP) is 3.14. The number of hydrogen-bond donors (Lipinski definition) is 2. The Balaban J connectivity index is 1.56. The zero-order valence-corrected chi connectivity index (χ0v) is 18.8. The summed E-state index contributed by atoms with van der Waals surface area (Å²) in [5.41, 5.74) is 8.64. The average molecular weight is 464 g/mol. The van der Waals surface area contributed by atoms with Crippen LogP contribution in [0.5, 0.6) is 11.5 Å². The van der Waals surface area contributed by atoms with Crippen molar-refractivity contribution >= 4 is 39.2 Å². The van der Waals surface area contributed by atoms with Crippen molar-refractivity contribution in [2.24, 2.45) is 5.73 Å². The van der Waals surface area contributed by atoms with Gasteiger partial charge in [-0.3, -0.25) is 9.59 Å². The highest BCUT2D eigenvalue weighted by Gasteiger charge is 2.33. The van der Waals surface area contributed by atoms with E-state index in [1.54, 1.807) is 17.9 Å². The Morgan fingerprint density at radius 1 is 1.27 bits per heavy atom. The number of nitrogens with zero attached hydrogens (tertiary/aromatic N) is 3. The van der Waals surface area contributed by atoms with Crippen molar-refractivity contribution in [2.45, 2.75) is 19.3 Å². The number of benzene rings is 2. The van der Waals surface area contributed by atoms with Crippen molar-refractivity contribution in [1.82, 2.24) is 14.8 Å². The fourth-order valence-electron chi connectivity index (χ4n) is 4.06. The van der Waals surface area contributed by atoms with Crippen LogP contribution in [0.15, 0.2) is 42.5 Å². The van der Waals surface area contributed by atoms with Gasteiger partial charge in [-0.15, -0.1) is 0 Å². The van der Waals surface area contributed by atoms with E-state index in [-0.39, 0.29) is 24.9 Å². The molecule has 0 spiro atoms. The molecule has 0 aliphatic carbocycles. The Labute approximate surface area is 193 Å². The number of carbonyl (C=O) groups excluding carboxylic acids is 2. The van der Waals surface area contributed by atoms with Gasteiger partial charge in [0, 0.05) is 17.9 Å². The summed E-state index contributed by atoms with van der Waals surface area (Å²) < 4.78 is 13.4. The van der Waals surface area contributed by atoms with Gasteiger partial charge in [0.15, 0.2) is 6.61 Å². The zero-order valence-electron chi connectivity index (χ0n) is 18.0. The number of nitrogens with one attached hydrogen (secondary N) is 1. The maximum atomic E-state index is 12.7. The number of hydrogen-bond acceptors (Lipinski definition) is 7. The Morgan fingerprint density at radius 3 is 2.91 bits per heavy atom. The van der Waals surface area contributed by atoms with E-state index in [9.17, 15) is 9.59 Å². The molecule has 10 heteroatoms. The number of ether oxygens (including phenoxy) is 2. The Hall–Kier alpha value is -3.92. The zero-order chi connectivity index (χ0) is 23.1. The van der Waals surface area contributed by atoms with Crippen LogP contribution in [0.25, 0.3) is 15.3 Å². The fraction of sp³-hybridized carbons (Fsp3) is 0.217. The summed E-state index contributed by atoms with van der Waals surface area (Å²) in [5.74, 6) is 1.01. The number of rotatable bonds is 6. The molecule has 1 atom stereocenters. The lowest BCUT2D eigenvalue weighted by Crippen LogP contribution is -2.25. The van der Waals surface area contributed by atoms with Crippen molar-refractivity contribution in [3.05, 3.63) is 59.3 Å². The second-order valence-corrected chi connectivity index (χ2v) is 8.73. The van der Waals surface area contributed by atoms with Gasteiger partial charge < -0.3 is 20.5 Å². The van der Waals surface area contributed by atoms with Gasteiger partial charge >= 0.3 is 0 Å². The van der Waals surface area contributed by atoms with Crippen LogP contribution in [0.4, 0.5) is 5.82 Å². The smallest absolute Gasteiger partial charge is 0.255 e. The molecule has 3 heterocycles. The number of anilines is 1. The number of carbonyl (C=O) groups is 2. The quantitative estimate of drug-likeness (QED) is 0.453. The van der Waals surface area contributed by atoms with Crippen molar-refractivity contribution in [1.29, 1.82) is 0 Å². The molecule has 0 unspecified atom stereocenters. The highest BCUT2D eigenvalue weighted by molar-refractivity contribution is 7.20. The van der Waals surface area contributed by atoms with Crippen LogP contribution >= 0.6 is 11.3 Å². The largest absolute Gasteiger partial charge is 0.497 e. The topological polar surface area (TPSA) is 121 Å². The minimum Gasteiger partial charge on any atom is -0.497 e. The third kappa shape index (κ3) is 3.89. The molecule has 0 radical (unpaired) electrons. The summed E-state index contributed by atoms with van der Waals surface area (Å²) in [6.07, 6.45) is 0.274. The first kappa shape index (κ1) is 21.0. The van der Waals surface area contributed by atoms with Gasteiger partial charge in [0.05, 0.1) is 23.0 Å². The molecule has 0 fully saturated rings. The molecule has 5 rings (SSSR count). The highest BCUT2D eigenvalue weighted by Crippen LogP contribution is 2.41. The van der Waals surface area contributed by atoms with Gasteiger partial charge in [-0.25, -0.2) is 4.98 Å². The van der Waals surface area contributed by atoms with Gasteiger partial charge in [-0.05, 0) is 42.8 Å². The number of fused-ring (bicyclic) bond motifs is 2. The lowest BCUT2D eigenvalue weighted by molar-refractivity contribution is -0.120. The van der Waals surface area contributed by atoms with E-state index in [2.05, 4.69) is 5.32 Å². The second-order valence-electron chi connectivity index (χ2n) is 7.72. The van der Waals surface area contributed by atoms with E-state index < -0.39 is 5.91 Å². The number of nitrogens with two attached hydrogens (primary N) is 1. The van der Waals surface area contributed by atoms with Crippen molar-refractivity contribution in [2.75, 3.05) is 19.0 Å². The molecule has 4 aromatic rings. The lowest BCUT2D eigenvalue weighted by Gasteiger charge is -2.24. The van der Waals surface area contributed by atoms with Crippen molar-refractivity contribution < 1.29 is 19.1 Å². The van der Waals surface area contributed by atoms with Crippen molar-refractivity contribution in [3.8, 4) is 16.6 Å². The number of methoxy groups -OCH3 is 1. The summed E-state index contributed by atoms with van der Waals surface area (Å²) in [6, 6.07) is 13.0. The molecule has 1 aliphatic heterocycles. The van der Waals surface area contributed by atoms with E-state index in [1.807, 2.05) is 43.3 Å². The second kappa shape index (κ2) is 8.21. The van der Waals surface area contributed by atoms with Gasteiger partial charge in [-0.1, -0.05) is 23.5 Å². The average Bonchev–Trinajstić information content (AvgIpc) is 3.37. The molecule has 0 saturated heterocycles. The van der Waals surface area contributed by atoms with Crippen LogP contribution in [0.2, 0.25) is 0 Å². The Bertz CT molecular complexity index is 1390. The Kier molecular flexibility index (Phi) is 5.21.